The Morgan fingerprint density at radius 3 is 2.62 bits per heavy atom. The first-order valence-electron chi connectivity index (χ1n) is 9.98. The Morgan fingerprint density at radius 1 is 1.00 bits per heavy atom. The van der Waals surface area contributed by atoms with E-state index in [4.69, 9.17) is 4.98 Å². The molecule has 5 nitrogen and oxygen atoms in total. The predicted molar refractivity (Wildman–Crippen MR) is 117 cm³/mol. The van der Waals surface area contributed by atoms with Crippen LogP contribution in [0.25, 0.3) is 21.3 Å². The van der Waals surface area contributed by atoms with Crippen LogP contribution in [0.2, 0.25) is 0 Å². The minimum absolute atomic E-state index is 0.0674. The normalized spacial score (nSPS) is 17.2. The summed E-state index contributed by atoms with van der Waals surface area (Å²) in [4.78, 5) is 29.2. The zero-order valence-electron chi connectivity index (χ0n) is 16.6. The number of piperidine rings is 1. The summed E-state index contributed by atoms with van der Waals surface area (Å²) >= 11 is 1.75. The second-order valence-corrected chi connectivity index (χ2v) is 8.77. The van der Waals surface area contributed by atoms with Gasteiger partial charge in [0, 0.05) is 24.6 Å². The molecule has 3 heterocycles. The highest BCUT2D eigenvalue weighted by molar-refractivity contribution is 7.18. The van der Waals surface area contributed by atoms with Crippen molar-refractivity contribution in [1.82, 2.24) is 19.9 Å². The quantitative estimate of drug-likeness (QED) is 0.480. The Hall–Kier alpha value is -2.86. The number of para-hydroxylation sites is 1. The van der Waals surface area contributed by atoms with Crippen LogP contribution in [0.5, 0.6) is 0 Å². The van der Waals surface area contributed by atoms with Gasteiger partial charge in [0.1, 0.15) is 0 Å². The van der Waals surface area contributed by atoms with Gasteiger partial charge < -0.3 is 4.90 Å². The number of thiazole rings is 1. The zero-order valence-corrected chi connectivity index (χ0v) is 17.4. The summed E-state index contributed by atoms with van der Waals surface area (Å²) < 4.78 is 1.21. The zero-order chi connectivity index (χ0) is 20.0. The lowest BCUT2D eigenvalue weighted by molar-refractivity contribution is 0.0707. The van der Waals surface area contributed by atoms with E-state index in [0.717, 1.165) is 58.9 Å². The summed E-state index contributed by atoms with van der Waals surface area (Å²) in [5.74, 6) is 0.369. The molecule has 1 atom stereocenters. The van der Waals surface area contributed by atoms with Gasteiger partial charge in [-0.15, -0.1) is 11.3 Å². The van der Waals surface area contributed by atoms with Gasteiger partial charge in [0.05, 0.1) is 37.6 Å². The molecular weight excluding hydrogens is 380 g/mol. The van der Waals surface area contributed by atoms with Gasteiger partial charge in [-0.25, -0.2) is 15.0 Å². The molecule has 5 rings (SSSR count). The number of aryl methyl sites for hydroxylation is 2. The van der Waals surface area contributed by atoms with E-state index in [9.17, 15) is 4.79 Å². The van der Waals surface area contributed by atoms with Gasteiger partial charge in [-0.05, 0) is 57.0 Å². The number of nitrogens with zero attached hydrogens (tertiary/aromatic N) is 4. The summed E-state index contributed by atoms with van der Waals surface area (Å²) in [5, 5.41) is 1.14. The molecule has 146 valence electrons. The minimum Gasteiger partial charge on any atom is -0.338 e. The van der Waals surface area contributed by atoms with Crippen LogP contribution in [-0.2, 0) is 0 Å². The largest absolute Gasteiger partial charge is 0.338 e. The molecule has 2 aromatic heterocycles. The fourth-order valence-electron chi connectivity index (χ4n) is 3.97. The topological polar surface area (TPSA) is 59.0 Å². The summed E-state index contributed by atoms with van der Waals surface area (Å²) in [6.45, 7) is 5.41. The standard InChI is InChI=1S/C23H22N4OS/c1-14-15(2)25-20-12-16(9-10-18(20)24-14)23(28)27-11-5-6-17(13-27)22-26-19-7-3-4-8-21(19)29-22/h3-4,7-10,12,17H,5-6,11,13H2,1-2H3. The lowest BCUT2D eigenvalue weighted by Gasteiger charge is -2.32. The van der Waals surface area contributed by atoms with Gasteiger partial charge in [-0.1, -0.05) is 12.1 Å². The second kappa shape index (κ2) is 7.19. The summed E-state index contributed by atoms with van der Waals surface area (Å²) in [5.41, 5.74) is 5.16. The lowest BCUT2D eigenvalue weighted by atomic mass is 9.98. The molecule has 0 radical (unpaired) electrons. The molecule has 4 aromatic rings. The fourth-order valence-corrected chi connectivity index (χ4v) is 5.07. The predicted octanol–water partition coefficient (Wildman–Crippen LogP) is 4.88. The van der Waals surface area contributed by atoms with E-state index < -0.39 is 0 Å². The van der Waals surface area contributed by atoms with Gasteiger partial charge in [-0.3, -0.25) is 4.79 Å². The van der Waals surface area contributed by atoms with Crippen molar-refractivity contribution >= 4 is 38.5 Å². The number of hydrogen-bond acceptors (Lipinski definition) is 5. The second-order valence-electron chi connectivity index (χ2n) is 7.71. The fraction of sp³-hybridized carbons (Fsp3) is 0.304. The SMILES string of the molecule is Cc1nc2ccc(C(=O)N3CCCC(c4nc5ccccc5s4)C3)cc2nc1C. The Morgan fingerprint density at radius 2 is 1.79 bits per heavy atom. The highest BCUT2D eigenvalue weighted by Gasteiger charge is 2.27. The Bertz CT molecular complexity index is 1200. The Labute approximate surface area is 173 Å². The van der Waals surface area contributed by atoms with Gasteiger partial charge in [0.25, 0.3) is 5.91 Å². The molecule has 0 N–H and O–H groups in total. The van der Waals surface area contributed by atoms with Gasteiger partial charge >= 0.3 is 0 Å². The molecule has 0 spiro atoms. The number of aromatic nitrogens is 3. The number of rotatable bonds is 2. The van der Waals surface area contributed by atoms with Crippen molar-refractivity contribution in [2.75, 3.05) is 13.1 Å². The van der Waals surface area contributed by atoms with E-state index in [-0.39, 0.29) is 5.91 Å². The molecule has 0 bridgehead atoms. The maximum Gasteiger partial charge on any atom is 0.253 e. The molecule has 1 saturated heterocycles. The van der Waals surface area contributed by atoms with E-state index in [0.29, 0.717) is 11.5 Å². The van der Waals surface area contributed by atoms with Crippen LogP contribution in [0, 0.1) is 13.8 Å². The average Bonchev–Trinajstić information content (AvgIpc) is 3.18. The highest BCUT2D eigenvalue weighted by atomic mass is 32.1. The number of likely N-dealkylation sites (tertiary alicyclic amines) is 1. The van der Waals surface area contributed by atoms with E-state index >= 15 is 0 Å². The molecule has 1 fully saturated rings. The number of benzene rings is 2. The molecule has 1 aliphatic heterocycles. The van der Waals surface area contributed by atoms with Crippen molar-refractivity contribution in [2.24, 2.45) is 0 Å². The van der Waals surface area contributed by atoms with Crippen LogP contribution in [-0.4, -0.2) is 38.8 Å². The van der Waals surface area contributed by atoms with Crippen LogP contribution in [0.3, 0.4) is 0 Å². The summed E-state index contributed by atoms with van der Waals surface area (Å²) in [6.07, 6.45) is 2.07. The molecule has 1 amide bonds. The third-order valence-corrected chi connectivity index (χ3v) is 6.89. The summed E-state index contributed by atoms with van der Waals surface area (Å²) in [6, 6.07) is 13.9. The van der Waals surface area contributed by atoms with Crippen LogP contribution >= 0.6 is 11.3 Å². The third-order valence-electron chi connectivity index (χ3n) is 5.69. The third kappa shape index (κ3) is 3.38. The van der Waals surface area contributed by atoms with Crippen LogP contribution in [0.15, 0.2) is 42.5 Å². The first kappa shape index (κ1) is 18.2. The van der Waals surface area contributed by atoms with Gasteiger partial charge in [0.2, 0.25) is 0 Å². The number of fused-ring (bicyclic) bond motifs is 2. The van der Waals surface area contributed by atoms with E-state index in [1.807, 2.05) is 49.1 Å². The first-order chi connectivity index (χ1) is 14.1. The minimum atomic E-state index is 0.0674. The average molecular weight is 403 g/mol. The lowest BCUT2D eigenvalue weighted by Crippen LogP contribution is -2.39. The van der Waals surface area contributed by atoms with E-state index in [1.165, 1.54) is 4.70 Å². The number of carbonyl (C=O) groups is 1. The van der Waals surface area contributed by atoms with Crippen molar-refractivity contribution < 1.29 is 4.79 Å². The smallest absolute Gasteiger partial charge is 0.253 e. The molecule has 6 heteroatoms. The van der Waals surface area contributed by atoms with Crippen LogP contribution in [0.4, 0.5) is 0 Å². The van der Waals surface area contributed by atoms with Gasteiger partial charge in [0.15, 0.2) is 0 Å². The van der Waals surface area contributed by atoms with Crippen LogP contribution < -0.4 is 0 Å². The van der Waals surface area contributed by atoms with Gasteiger partial charge in [-0.2, -0.15) is 0 Å². The highest BCUT2D eigenvalue weighted by Crippen LogP contribution is 2.33. The molecule has 0 saturated carbocycles. The molecule has 1 aliphatic rings. The van der Waals surface area contributed by atoms with Crippen molar-refractivity contribution in [3.05, 3.63) is 64.4 Å². The molecule has 1 unspecified atom stereocenters. The maximum absolute atomic E-state index is 13.2. The van der Waals surface area contributed by atoms with E-state index in [1.54, 1.807) is 11.3 Å². The molecular formula is C23H22N4OS. The van der Waals surface area contributed by atoms with Crippen molar-refractivity contribution in [3.63, 3.8) is 0 Å². The van der Waals surface area contributed by atoms with Crippen LogP contribution in [0.1, 0.15) is 45.5 Å². The van der Waals surface area contributed by atoms with Crippen molar-refractivity contribution in [3.8, 4) is 0 Å². The first-order valence-corrected chi connectivity index (χ1v) is 10.8. The number of hydrogen-bond donors (Lipinski definition) is 0. The molecule has 29 heavy (non-hydrogen) atoms. The van der Waals surface area contributed by atoms with Crippen molar-refractivity contribution in [2.45, 2.75) is 32.6 Å². The molecule has 2 aromatic carbocycles. The Balaban J connectivity index is 1.40. The monoisotopic (exact) mass is 402 g/mol. The number of amides is 1. The maximum atomic E-state index is 13.2. The van der Waals surface area contributed by atoms with E-state index in [2.05, 4.69) is 22.1 Å². The van der Waals surface area contributed by atoms with Crippen molar-refractivity contribution in [1.29, 1.82) is 0 Å². The molecule has 0 aliphatic carbocycles. The Kier molecular flexibility index (Phi) is 4.51. The summed E-state index contributed by atoms with van der Waals surface area (Å²) in [7, 11) is 0. The number of carbonyl (C=O) groups excluding carboxylic acids is 1.